The zero-order valence-corrected chi connectivity index (χ0v) is 15.4. The van der Waals surface area contributed by atoms with Crippen molar-refractivity contribution in [2.75, 3.05) is 0 Å². The molecule has 0 amide bonds. The Hall–Kier alpha value is -3.26. The summed E-state index contributed by atoms with van der Waals surface area (Å²) in [4.78, 5) is 20.4. The quantitative estimate of drug-likeness (QED) is 0.651. The first-order valence-corrected chi connectivity index (χ1v) is 9.08. The van der Waals surface area contributed by atoms with E-state index in [9.17, 15) is 4.79 Å². The SMILES string of the molecule is [C-]#[N+]c1ccc(-n2ncc3c(c2=O)CCC(c2ccc(C)cc2C)C3)nc1. The van der Waals surface area contributed by atoms with Crippen LogP contribution in [0.3, 0.4) is 0 Å². The molecule has 0 radical (unpaired) electrons. The van der Waals surface area contributed by atoms with Crippen LogP contribution in [0.15, 0.2) is 47.5 Å². The first-order chi connectivity index (χ1) is 13.1. The van der Waals surface area contributed by atoms with E-state index < -0.39 is 0 Å². The minimum atomic E-state index is -0.102. The first kappa shape index (κ1) is 17.2. The highest BCUT2D eigenvalue weighted by Crippen LogP contribution is 2.33. The van der Waals surface area contributed by atoms with Gasteiger partial charge in [-0.2, -0.15) is 9.78 Å². The van der Waals surface area contributed by atoms with Crippen LogP contribution in [0.25, 0.3) is 10.7 Å². The van der Waals surface area contributed by atoms with Gasteiger partial charge in [0.15, 0.2) is 5.82 Å². The third kappa shape index (κ3) is 3.15. The summed E-state index contributed by atoms with van der Waals surface area (Å²) in [7, 11) is 0. The topological polar surface area (TPSA) is 52.1 Å². The number of rotatable bonds is 2. The van der Waals surface area contributed by atoms with Crippen LogP contribution in [-0.2, 0) is 12.8 Å². The molecule has 1 unspecified atom stereocenters. The van der Waals surface area contributed by atoms with Crippen molar-refractivity contribution < 1.29 is 0 Å². The Balaban J connectivity index is 1.67. The third-order valence-corrected chi connectivity index (χ3v) is 5.32. The maximum absolute atomic E-state index is 12.9. The standard InChI is InChI=1S/C22H20N4O/c1-14-4-7-19(15(2)10-14)16-5-8-20-17(11-16)12-25-26(22(20)27)21-9-6-18(23-3)13-24-21/h4,6-7,9-10,12-13,16H,5,8,11H2,1-2H3. The lowest BCUT2D eigenvalue weighted by molar-refractivity contribution is 0.565. The Bertz CT molecular complexity index is 1110. The van der Waals surface area contributed by atoms with Gasteiger partial charge in [0.2, 0.25) is 5.69 Å². The van der Waals surface area contributed by atoms with Crippen molar-refractivity contribution >= 4 is 5.69 Å². The second-order valence-electron chi connectivity index (χ2n) is 7.15. The maximum atomic E-state index is 12.9. The number of aryl methyl sites for hydroxylation is 2. The molecule has 134 valence electrons. The van der Waals surface area contributed by atoms with Crippen LogP contribution in [0.5, 0.6) is 0 Å². The van der Waals surface area contributed by atoms with Gasteiger partial charge in [0.1, 0.15) is 0 Å². The lowest BCUT2D eigenvalue weighted by Gasteiger charge is -2.26. The van der Waals surface area contributed by atoms with Crippen molar-refractivity contribution in [3.05, 3.63) is 92.3 Å². The van der Waals surface area contributed by atoms with Crippen molar-refractivity contribution in [1.82, 2.24) is 14.8 Å². The van der Waals surface area contributed by atoms with Gasteiger partial charge in [-0.1, -0.05) is 29.8 Å². The zero-order chi connectivity index (χ0) is 19.0. The number of fused-ring (bicyclic) bond motifs is 1. The lowest BCUT2D eigenvalue weighted by atomic mass is 9.79. The summed E-state index contributed by atoms with van der Waals surface area (Å²) in [6, 6.07) is 9.92. The Morgan fingerprint density at radius 2 is 2.04 bits per heavy atom. The average molecular weight is 356 g/mol. The molecule has 1 atom stereocenters. The van der Waals surface area contributed by atoms with Crippen LogP contribution < -0.4 is 5.56 Å². The highest BCUT2D eigenvalue weighted by atomic mass is 16.1. The lowest BCUT2D eigenvalue weighted by Crippen LogP contribution is -2.30. The summed E-state index contributed by atoms with van der Waals surface area (Å²) in [6.07, 6.45) is 5.81. The summed E-state index contributed by atoms with van der Waals surface area (Å²) in [5.74, 6) is 0.873. The van der Waals surface area contributed by atoms with Gasteiger partial charge in [-0.05, 0) is 61.8 Å². The molecule has 0 aliphatic heterocycles. The summed E-state index contributed by atoms with van der Waals surface area (Å²) in [5, 5.41) is 4.35. The van der Waals surface area contributed by atoms with Crippen molar-refractivity contribution in [1.29, 1.82) is 0 Å². The van der Waals surface area contributed by atoms with Gasteiger partial charge in [-0.3, -0.25) is 4.79 Å². The Morgan fingerprint density at radius 1 is 1.19 bits per heavy atom. The van der Waals surface area contributed by atoms with Crippen molar-refractivity contribution in [2.45, 2.75) is 39.0 Å². The molecule has 3 aromatic rings. The fourth-order valence-corrected chi connectivity index (χ4v) is 3.93. The molecule has 5 heteroatoms. The van der Waals surface area contributed by atoms with Gasteiger partial charge in [-0.15, -0.1) is 0 Å². The van der Waals surface area contributed by atoms with Crippen LogP contribution in [0.2, 0.25) is 0 Å². The van der Waals surface area contributed by atoms with E-state index in [0.717, 1.165) is 30.4 Å². The molecule has 1 aromatic carbocycles. The van der Waals surface area contributed by atoms with Gasteiger partial charge in [0.05, 0.1) is 12.8 Å². The van der Waals surface area contributed by atoms with E-state index in [1.807, 2.05) is 0 Å². The van der Waals surface area contributed by atoms with E-state index in [4.69, 9.17) is 6.57 Å². The van der Waals surface area contributed by atoms with Gasteiger partial charge in [0.25, 0.3) is 5.56 Å². The molecule has 0 spiro atoms. The smallest absolute Gasteiger partial charge is 0.267 e. The Morgan fingerprint density at radius 3 is 2.74 bits per heavy atom. The molecule has 1 aliphatic rings. The maximum Gasteiger partial charge on any atom is 0.276 e. The van der Waals surface area contributed by atoms with Crippen LogP contribution in [-0.4, -0.2) is 14.8 Å². The molecule has 0 saturated carbocycles. The number of nitrogens with zero attached hydrogens (tertiary/aromatic N) is 4. The molecule has 1 aliphatic carbocycles. The second-order valence-corrected chi connectivity index (χ2v) is 7.15. The molecule has 2 aromatic heterocycles. The minimum absolute atomic E-state index is 0.102. The number of hydrogen-bond donors (Lipinski definition) is 0. The molecule has 0 fully saturated rings. The molecule has 4 rings (SSSR count). The van der Waals surface area contributed by atoms with Crippen LogP contribution in [0, 0.1) is 20.4 Å². The average Bonchev–Trinajstić information content (AvgIpc) is 2.68. The normalized spacial score (nSPS) is 15.8. The summed E-state index contributed by atoms with van der Waals surface area (Å²) >= 11 is 0. The molecular weight excluding hydrogens is 336 g/mol. The van der Waals surface area contributed by atoms with Crippen molar-refractivity contribution in [2.24, 2.45) is 0 Å². The first-order valence-electron chi connectivity index (χ1n) is 9.08. The predicted octanol–water partition coefficient (Wildman–Crippen LogP) is 4.07. The third-order valence-electron chi connectivity index (χ3n) is 5.32. The monoisotopic (exact) mass is 356 g/mol. The van der Waals surface area contributed by atoms with E-state index in [2.05, 4.69) is 47.0 Å². The zero-order valence-electron chi connectivity index (χ0n) is 15.4. The van der Waals surface area contributed by atoms with E-state index in [0.29, 0.717) is 17.4 Å². The van der Waals surface area contributed by atoms with Gasteiger partial charge >= 0.3 is 0 Å². The fourth-order valence-electron chi connectivity index (χ4n) is 3.93. The predicted molar refractivity (Wildman–Crippen MR) is 105 cm³/mol. The molecule has 0 saturated heterocycles. The molecular formula is C22H20N4O. The van der Waals surface area contributed by atoms with E-state index in [1.54, 1.807) is 18.3 Å². The summed E-state index contributed by atoms with van der Waals surface area (Å²) in [5.41, 5.74) is 6.16. The van der Waals surface area contributed by atoms with Gasteiger partial charge in [-0.25, -0.2) is 9.83 Å². The Labute approximate surface area is 158 Å². The Kier molecular flexibility index (Phi) is 4.33. The van der Waals surface area contributed by atoms with Crippen LogP contribution in [0.4, 0.5) is 5.69 Å². The molecule has 5 nitrogen and oxygen atoms in total. The van der Waals surface area contributed by atoms with Gasteiger partial charge in [0, 0.05) is 11.8 Å². The number of aromatic nitrogens is 3. The second kappa shape index (κ2) is 6.81. The molecule has 2 heterocycles. The number of benzene rings is 1. The van der Waals surface area contributed by atoms with E-state index >= 15 is 0 Å². The van der Waals surface area contributed by atoms with Gasteiger partial charge < -0.3 is 0 Å². The summed E-state index contributed by atoms with van der Waals surface area (Å²) in [6.45, 7) is 11.3. The van der Waals surface area contributed by atoms with E-state index in [-0.39, 0.29) is 5.56 Å². The molecule has 27 heavy (non-hydrogen) atoms. The molecule has 0 bridgehead atoms. The fraction of sp³-hybridized carbons (Fsp3) is 0.273. The van der Waals surface area contributed by atoms with Crippen LogP contribution in [0.1, 0.15) is 40.2 Å². The highest BCUT2D eigenvalue weighted by molar-refractivity contribution is 5.44. The highest BCUT2D eigenvalue weighted by Gasteiger charge is 2.24. The van der Waals surface area contributed by atoms with E-state index in [1.165, 1.54) is 27.6 Å². The summed E-state index contributed by atoms with van der Waals surface area (Å²) < 4.78 is 1.34. The minimum Gasteiger partial charge on any atom is -0.267 e. The number of pyridine rings is 1. The van der Waals surface area contributed by atoms with Crippen molar-refractivity contribution in [3.8, 4) is 5.82 Å². The molecule has 0 N–H and O–H groups in total. The van der Waals surface area contributed by atoms with Crippen LogP contribution >= 0.6 is 0 Å². The largest absolute Gasteiger partial charge is 0.276 e. The number of hydrogen-bond acceptors (Lipinski definition) is 3. The van der Waals surface area contributed by atoms with Crippen molar-refractivity contribution in [3.63, 3.8) is 0 Å².